The molecule has 0 aliphatic heterocycles. The van der Waals surface area contributed by atoms with Crippen LogP contribution in [0, 0.1) is 0 Å². The zero-order chi connectivity index (χ0) is 12.9. The largest absolute Gasteiger partial charge is 0.772 e. The molecule has 0 amide bonds. The molecule has 0 heterocycles. The molecule has 9 nitrogen and oxygen atoms in total. The van der Waals surface area contributed by atoms with Gasteiger partial charge in [0.2, 0.25) is 0 Å². The highest BCUT2D eigenvalue weighted by Gasteiger charge is 2.36. The van der Waals surface area contributed by atoms with E-state index in [-0.39, 0.29) is 0 Å². The third-order valence-electron chi connectivity index (χ3n) is 1.68. The topological polar surface area (TPSA) is 165 Å². The van der Waals surface area contributed by atoms with Crippen molar-refractivity contribution in [3.05, 3.63) is 0 Å². The van der Waals surface area contributed by atoms with Crippen LogP contribution in [0.5, 0.6) is 0 Å². The van der Waals surface area contributed by atoms with Gasteiger partial charge in [-0.3, -0.25) is 4.46 Å². The lowest BCUT2D eigenvalue weighted by atomic mass is 10.0. The monoisotopic (exact) mass is 256 g/mol. The fraction of sp³-hybridized carbons (Fsp3) is 0.833. The van der Waals surface area contributed by atoms with Gasteiger partial charge in [0.1, 0.15) is 18.3 Å². The van der Waals surface area contributed by atoms with Crippen LogP contribution < -0.4 is 0 Å². The van der Waals surface area contributed by atoms with Crippen molar-refractivity contribution in [1.82, 2.24) is 0 Å². The molecule has 0 aliphatic rings. The average Bonchev–Trinajstić information content (AvgIpc) is 2.23. The summed E-state index contributed by atoms with van der Waals surface area (Å²) in [6, 6.07) is 0. The SMILES string of the molecule is O=C(O[Si](=O)O)C(O)C(O)C(O)C(O)CO. The van der Waals surface area contributed by atoms with Gasteiger partial charge in [-0.15, -0.1) is 0 Å². The Labute approximate surface area is 91.1 Å². The molecule has 10 heteroatoms. The molecule has 16 heavy (non-hydrogen) atoms. The molecule has 0 bridgehead atoms. The molecule has 0 aromatic heterocycles. The minimum Gasteiger partial charge on any atom is -0.511 e. The molecule has 6 N–H and O–H groups in total. The third-order valence-corrected chi connectivity index (χ3v) is 2.06. The molecule has 4 unspecified atom stereocenters. The van der Waals surface area contributed by atoms with Crippen LogP contribution in [0.25, 0.3) is 0 Å². The van der Waals surface area contributed by atoms with E-state index in [4.69, 9.17) is 30.3 Å². The van der Waals surface area contributed by atoms with Gasteiger partial charge in [0, 0.05) is 0 Å². The fourth-order valence-corrected chi connectivity index (χ4v) is 1.10. The minimum absolute atomic E-state index is 0.906. The Hall–Kier alpha value is -0.913. The first-order chi connectivity index (χ1) is 7.31. The first-order valence-electron chi connectivity index (χ1n) is 4.09. The summed E-state index contributed by atoms with van der Waals surface area (Å²) < 4.78 is 13.8. The smallest absolute Gasteiger partial charge is 0.511 e. The van der Waals surface area contributed by atoms with Crippen molar-refractivity contribution in [3.63, 3.8) is 0 Å². The van der Waals surface area contributed by atoms with Crippen LogP contribution in [0.15, 0.2) is 0 Å². The highest BCUT2D eigenvalue weighted by molar-refractivity contribution is 6.28. The number of carbonyl (C=O) groups excluding carboxylic acids is 1. The molecule has 94 valence electrons. The molecule has 0 fully saturated rings. The summed E-state index contributed by atoms with van der Waals surface area (Å²) in [7, 11) is -3.63. The highest BCUT2D eigenvalue weighted by Crippen LogP contribution is 2.06. The number of carbonyl (C=O) groups is 1. The molecule has 0 aromatic carbocycles. The van der Waals surface area contributed by atoms with E-state index < -0.39 is 46.2 Å². The molecule has 0 spiro atoms. The molecule has 0 rings (SSSR count). The molecule has 0 radical (unpaired) electrons. The van der Waals surface area contributed by atoms with E-state index >= 15 is 0 Å². The van der Waals surface area contributed by atoms with Crippen molar-refractivity contribution in [1.29, 1.82) is 0 Å². The van der Waals surface area contributed by atoms with Gasteiger partial charge >= 0.3 is 15.1 Å². The highest BCUT2D eigenvalue weighted by atomic mass is 28.3. The first kappa shape index (κ1) is 15.1. The van der Waals surface area contributed by atoms with Gasteiger partial charge in [-0.05, 0) is 0 Å². The Morgan fingerprint density at radius 2 is 1.69 bits per heavy atom. The van der Waals surface area contributed by atoms with Crippen LogP contribution in [0.1, 0.15) is 0 Å². The summed E-state index contributed by atoms with van der Waals surface area (Å²) >= 11 is 0. The van der Waals surface area contributed by atoms with Crippen LogP contribution >= 0.6 is 0 Å². The van der Waals surface area contributed by atoms with Crippen molar-refractivity contribution < 1.29 is 44.0 Å². The normalized spacial score (nSPS) is 18.3. The van der Waals surface area contributed by atoms with Gasteiger partial charge in [0.05, 0.1) is 6.61 Å². The summed E-state index contributed by atoms with van der Waals surface area (Å²) in [6.45, 7) is -0.906. The second-order valence-corrected chi connectivity index (χ2v) is 3.60. The second-order valence-electron chi connectivity index (χ2n) is 2.86. The Kier molecular flexibility index (Phi) is 6.24. The van der Waals surface area contributed by atoms with Gasteiger partial charge in [0.15, 0.2) is 6.10 Å². The lowest BCUT2D eigenvalue weighted by molar-refractivity contribution is -0.163. The van der Waals surface area contributed by atoms with Gasteiger partial charge in [-0.2, -0.15) is 0 Å². The first-order valence-corrected chi connectivity index (χ1v) is 5.35. The van der Waals surface area contributed by atoms with Crippen molar-refractivity contribution >= 4 is 15.1 Å². The van der Waals surface area contributed by atoms with Gasteiger partial charge in [0.25, 0.3) is 0 Å². The number of aliphatic hydroxyl groups is 5. The van der Waals surface area contributed by atoms with Crippen molar-refractivity contribution in [2.45, 2.75) is 24.4 Å². The number of hydrogen-bond donors (Lipinski definition) is 6. The summed E-state index contributed by atoms with van der Waals surface area (Å²) in [4.78, 5) is 19.0. The summed E-state index contributed by atoms with van der Waals surface area (Å²) in [5.74, 6) is -1.62. The predicted octanol–water partition coefficient (Wildman–Crippen LogP) is -4.63. The molecule has 4 atom stereocenters. The molecular formula is C6H12O9Si. The number of hydrogen-bond acceptors (Lipinski definition) is 8. The maximum Gasteiger partial charge on any atom is 0.772 e. The lowest BCUT2D eigenvalue weighted by Gasteiger charge is -2.23. The Bertz CT molecular complexity index is 256. The Morgan fingerprint density at radius 3 is 2.06 bits per heavy atom. The average molecular weight is 256 g/mol. The number of rotatable bonds is 6. The van der Waals surface area contributed by atoms with Gasteiger partial charge in [-0.25, -0.2) is 4.79 Å². The molecule has 0 aliphatic carbocycles. The van der Waals surface area contributed by atoms with Crippen molar-refractivity contribution in [3.8, 4) is 0 Å². The maximum atomic E-state index is 10.8. The zero-order valence-electron chi connectivity index (χ0n) is 7.92. The summed E-state index contributed by atoms with van der Waals surface area (Å²) in [5.41, 5.74) is 0. The van der Waals surface area contributed by atoms with Crippen molar-refractivity contribution in [2.75, 3.05) is 6.61 Å². The summed E-state index contributed by atoms with van der Waals surface area (Å²) in [6.07, 6.45) is -8.24. The Morgan fingerprint density at radius 1 is 1.19 bits per heavy atom. The van der Waals surface area contributed by atoms with E-state index in [9.17, 15) is 9.26 Å². The van der Waals surface area contributed by atoms with Crippen molar-refractivity contribution in [2.24, 2.45) is 0 Å². The van der Waals surface area contributed by atoms with Gasteiger partial charge in [-0.1, -0.05) is 0 Å². The minimum atomic E-state index is -3.63. The quantitative estimate of drug-likeness (QED) is 0.256. The molecular weight excluding hydrogens is 244 g/mol. The third kappa shape index (κ3) is 4.30. The Balaban J connectivity index is 4.42. The summed E-state index contributed by atoms with van der Waals surface area (Å²) in [5, 5.41) is 44.5. The van der Waals surface area contributed by atoms with E-state index in [2.05, 4.69) is 4.43 Å². The van der Waals surface area contributed by atoms with E-state index in [0.717, 1.165) is 0 Å². The van der Waals surface area contributed by atoms with Gasteiger partial charge < -0.3 is 34.8 Å². The zero-order valence-corrected chi connectivity index (χ0v) is 8.92. The lowest BCUT2D eigenvalue weighted by Crippen LogP contribution is -2.49. The van der Waals surface area contributed by atoms with E-state index in [1.54, 1.807) is 0 Å². The molecule has 0 saturated carbocycles. The molecule has 0 saturated heterocycles. The molecule has 0 aromatic rings. The standard InChI is InChI=1S/C6H12O9Si/c7-1-2(8)3(9)4(10)5(11)6(12)15-16(13)14/h2-5,7-11,13H,1H2. The predicted molar refractivity (Wildman–Crippen MR) is 45.9 cm³/mol. The maximum absolute atomic E-state index is 10.8. The second kappa shape index (κ2) is 6.62. The van der Waals surface area contributed by atoms with Crippen LogP contribution in [-0.4, -0.2) is 76.5 Å². The van der Waals surface area contributed by atoms with Crippen LogP contribution in [0.4, 0.5) is 0 Å². The van der Waals surface area contributed by atoms with Crippen LogP contribution in [0.2, 0.25) is 0 Å². The fourth-order valence-electron chi connectivity index (χ4n) is 0.808. The van der Waals surface area contributed by atoms with Crippen LogP contribution in [0.3, 0.4) is 0 Å². The van der Waals surface area contributed by atoms with E-state index in [1.165, 1.54) is 0 Å². The van der Waals surface area contributed by atoms with Crippen LogP contribution in [-0.2, 0) is 13.7 Å². The number of aliphatic hydroxyl groups excluding tert-OH is 5. The van der Waals surface area contributed by atoms with E-state index in [1.807, 2.05) is 0 Å². The van der Waals surface area contributed by atoms with E-state index in [0.29, 0.717) is 0 Å².